The zero-order chi connectivity index (χ0) is 25.2. The Morgan fingerprint density at radius 2 is 1.73 bits per heavy atom. The first-order valence-electron chi connectivity index (χ1n) is 12.8. The number of hydrogen-bond donors (Lipinski definition) is 1. The number of morpholine rings is 1. The third kappa shape index (κ3) is 4.84. The van der Waals surface area contributed by atoms with Gasteiger partial charge < -0.3 is 19.6 Å². The minimum Gasteiger partial charge on any atom is -0.508 e. The maximum absolute atomic E-state index is 12.8. The highest BCUT2D eigenvalue weighted by Gasteiger charge is 2.23. The van der Waals surface area contributed by atoms with Crippen LogP contribution in [0.5, 0.6) is 5.75 Å². The van der Waals surface area contributed by atoms with Crippen LogP contribution in [0.3, 0.4) is 0 Å². The van der Waals surface area contributed by atoms with Crippen molar-refractivity contribution >= 4 is 22.9 Å². The highest BCUT2D eigenvalue weighted by Crippen LogP contribution is 2.28. The van der Waals surface area contributed by atoms with Crippen molar-refractivity contribution in [1.82, 2.24) is 29.9 Å². The van der Waals surface area contributed by atoms with Crippen LogP contribution in [0.15, 0.2) is 48.5 Å². The predicted molar refractivity (Wildman–Crippen MR) is 139 cm³/mol. The molecule has 2 fully saturated rings. The van der Waals surface area contributed by atoms with Crippen molar-refractivity contribution < 1.29 is 14.6 Å². The molecule has 6 rings (SSSR count). The zero-order valence-electron chi connectivity index (χ0n) is 20.6. The van der Waals surface area contributed by atoms with Gasteiger partial charge in [-0.3, -0.25) is 4.79 Å². The Bertz CT molecular complexity index is 1410. The van der Waals surface area contributed by atoms with Gasteiger partial charge in [0.15, 0.2) is 22.8 Å². The van der Waals surface area contributed by atoms with Crippen LogP contribution in [0.1, 0.15) is 35.2 Å². The molecule has 2 aliphatic rings. The van der Waals surface area contributed by atoms with Crippen LogP contribution in [0.25, 0.3) is 22.6 Å². The molecule has 0 radical (unpaired) electrons. The molecule has 190 valence electrons. The number of phenolic OH excluding ortho intramolecular Hbond substituents is 1. The van der Waals surface area contributed by atoms with Crippen LogP contribution in [-0.2, 0) is 11.3 Å². The van der Waals surface area contributed by atoms with Crippen LogP contribution in [0.2, 0.25) is 0 Å². The second-order valence-electron chi connectivity index (χ2n) is 9.49. The topological polar surface area (TPSA) is 110 Å². The van der Waals surface area contributed by atoms with E-state index in [1.54, 1.807) is 22.9 Å². The maximum atomic E-state index is 12.8. The smallest absolute Gasteiger partial charge is 0.253 e. The predicted octanol–water partition coefficient (Wildman–Crippen LogP) is 3.10. The van der Waals surface area contributed by atoms with Crippen molar-refractivity contribution in [3.63, 3.8) is 0 Å². The van der Waals surface area contributed by atoms with E-state index in [0.29, 0.717) is 66.8 Å². The number of fused-ring (bicyclic) bond motifs is 1. The number of anilines is 1. The lowest BCUT2D eigenvalue weighted by atomic mass is 10.1. The van der Waals surface area contributed by atoms with E-state index in [1.165, 1.54) is 6.42 Å². The molecule has 10 nitrogen and oxygen atoms in total. The summed E-state index contributed by atoms with van der Waals surface area (Å²) in [5.74, 6) is 1.45. The number of benzene rings is 2. The van der Waals surface area contributed by atoms with Gasteiger partial charge in [0.05, 0.1) is 19.8 Å². The van der Waals surface area contributed by atoms with Crippen molar-refractivity contribution in [2.24, 2.45) is 0 Å². The van der Waals surface area contributed by atoms with Crippen LogP contribution >= 0.6 is 0 Å². The van der Waals surface area contributed by atoms with E-state index in [2.05, 4.69) is 15.2 Å². The van der Waals surface area contributed by atoms with E-state index < -0.39 is 0 Å². The van der Waals surface area contributed by atoms with Crippen LogP contribution in [-0.4, -0.2) is 80.3 Å². The second kappa shape index (κ2) is 10.1. The number of ether oxygens (including phenoxy) is 1. The molecule has 1 N–H and O–H groups in total. The number of nitrogens with zero attached hydrogens (tertiary/aromatic N) is 7. The fraction of sp³-hybridized carbons (Fsp3) is 0.370. The summed E-state index contributed by atoms with van der Waals surface area (Å²) in [6.45, 7) is 4.74. The van der Waals surface area contributed by atoms with E-state index in [0.717, 1.165) is 31.5 Å². The normalized spacial score (nSPS) is 16.3. The summed E-state index contributed by atoms with van der Waals surface area (Å²) in [5, 5.41) is 18.9. The monoisotopic (exact) mass is 499 g/mol. The SMILES string of the molecule is O=C(c1ccc(Cn2nnc3c(N4CCOCC4)nc(-c4cccc(O)c4)nc32)cc1)N1CCCCC1. The number of aromatic hydroxyl groups is 1. The lowest BCUT2D eigenvalue weighted by molar-refractivity contribution is 0.0724. The fourth-order valence-corrected chi connectivity index (χ4v) is 4.92. The average Bonchev–Trinajstić information content (AvgIpc) is 3.36. The zero-order valence-corrected chi connectivity index (χ0v) is 20.6. The number of amides is 1. The number of likely N-dealkylation sites (tertiary alicyclic amines) is 1. The van der Waals surface area contributed by atoms with Crippen LogP contribution < -0.4 is 4.90 Å². The van der Waals surface area contributed by atoms with Crippen molar-refractivity contribution in [3.05, 3.63) is 59.7 Å². The first-order valence-corrected chi connectivity index (χ1v) is 12.8. The summed E-state index contributed by atoms with van der Waals surface area (Å²) in [6, 6.07) is 14.6. The third-order valence-corrected chi connectivity index (χ3v) is 6.94. The third-order valence-electron chi connectivity index (χ3n) is 6.94. The number of aromatic nitrogens is 5. The molecule has 0 bridgehead atoms. The summed E-state index contributed by atoms with van der Waals surface area (Å²) in [6.07, 6.45) is 3.34. The van der Waals surface area contributed by atoms with Crippen LogP contribution in [0, 0.1) is 0 Å². The molecule has 37 heavy (non-hydrogen) atoms. The molecule has 2 aromatic heterocycles. The van der Waals surface area contributed by atoms with E-state index in [-0.39, 0.29) is 11.7 Å². The Hall–Kier alpha value is -4.05. The lowest BCUT2D eigenvalue weighted by Crippen LogP contribution is -2.37. The summed E-state index contributed by atoms with van der Waals surface area (Å²) in [5.41, 5.74) is 3.65. The molecule has 4 aromatic rings. The van der Waals surface area contributed by atoms with Gasteiger partial charge in [0.1, 0.15) is 5.75 Å². The molecule has 2 aromatic carbocycles. The van der Waals surface area contributed by atoms with E-state index in [1.807, 2.05) is 35.2 Å². The lowest BCUT2D eigenvalue weighted by Gasteiger charge is -2.28. The van der Waals surface area contributed by atoms with Crippen molar-refractivity contribution in [1.29, 1.82) is 0 Å². The van der Waals surface area contributed by atoms with Crippen LogP contribution in [0.4, 0.5) is 5.82 Å². The number of carbonyl (C=O) groups is 1. The fourth-order valence-electron chi connectivity index (χ4n) is 4.92. The first kappa shape index (κ1) is 23.4. The van der Waals surface area contributed by atoms with Gasteiger partial charge in [-0.05, 0) is 49.1 Å². The standard InChI is InChI=1S/C27H29N7O3/c35-22-6-4-5-21(17-22)24-28-25(32-13-15-37-16-14-32)23-26(29-24)34(31-30-23)18-19-7-9-20(10-8-19)27(36)33-11-2-1-3-12-33/h4-10,17,35H,1-3,11-16,18H2. The summed E-state index contributed by atoms with van der Waals surface area (Å²) >= 11 is 0. The van der Waals surface area contributed by atoms with Gasteiger partial charge in [-0.15, -0.1) is 5.10 Å². The average molecular weight is 500 g/mol. The molecule has 2 saturated heterocycles. The molecular formula is C27H29N7O3. The second-order valence-corrected chi connectivity index (χ2v) is 9.49. The van der Waals surface area contributed by atoms with E-state index in [9.17, 15) is 9.90 Å². The molecule has 0 aliphatic carbocycles. The van der Waals surface area contributed by atoms with Crippen molar-refractivity contribution in [2.45, 2.75) is 25.8 Å². The number of carbonyl (C=O) groups excluding carboxylic acids is 1. The largest absolute Gasteiger partial charge is 0.508 e. The molecular weight excluding hydrogens is 470 g/mol. The quantitative estimate of drug-likeness (QED) is 0.446. The number of rotatable bonds is 5. The first-order chi connectivity index (χ1) is 18.2. The number of piperidine rings is 1. The van der Waals surface area contributed by atoms with Gasteiger partial charge >= 0.3 is 0 Å². The highest BCUT2D eigenvalue weighted by molar-refractivity contribution is 5.94. The molecule has 4 heterocycles. The van der Waals surface area contributed by atoms with Crippen molar-refractivity contribution in [2.75, 3.05) is 44.3 Å². The molecule has 0 unspecified atom stereocenters. The molecule has 0 saturated carbocycles. The molecule has 10 heteroatoms. The van der Waals surface area contributed by atoms with Gasteiger partial charge in [0.25, 0.3) is 5.91 Å². The maximum Gasteiger partial charge on any atom is 0.253 e. The van der Waals surface area contributed by atoms with E-state index in [4.69, 9.17) is 14.7 Å². The summed E-state index contributed by atoms with van der Waals surface area (Å²) < 4.78 is 7.29. The minimum absolute atomic E-state index is 0.0936. The van der Waals surface area contributed by atoms with Gasteiger partial charge in [-0.2, -0.15) is 0 Å². The Balaban J connectivity index is 1.32. The Labute approximate surface area is 214 Å². The Morgan fingerprint density at radius 1 is 0.946 bits per heavy atom. The molecule has 2 aliphatic heterocycles. The number of hydrogen-bond acceptors (Lipinski definition) is 8. The number of phenols is 1. The Kier molecular flexibility index (Phi) is 6.40. The van der Waals surface area contributed by atoms with Gasteiger partial charge in [0.2, 0.25) is 0 Å². The highest BCUT2D eigenvalue weighted by atomic mass is 16.5. The van der Waals surface area contributed by atoms with Crippen molar-refractivity contribution in [3.8, 4) is 17.1 Å². The van der Waals surface area contributed by atoms with E-state index >= 15 is 0 Å². The molecule has 0 atom stereocenters. The van der Waals surface area contributed by atoms with Gasteiger partial charge in [0, 0.05) is 37.3 Å². The summed E-state index contributed by atoms with van der Waals surface area (Å²) in [4.78, 5) is 26.5. The van der Waals surface area contributed by atoms with Gasteiger partial charge in [-0.1, -0.05) is 29.5 Å². The molecule has 1 amide bonds. The molecule has 0 spiro atoms. The van der Waals surface area contributed by atoms with Gasteiger partial charge in [-0.25, -0.2) is 14.6 Å². The summed E-state index contributed by atoms with van der Waals surface area (Å²) in [7, 11) is 0. The Morgan fingerprint density at radius 3 is 2.49 bits per heavy atom. The minimum atomic E-state index is 0.0936.